The van der Waals surface area contributed by atoms with Gasteiger partial charge in [-0.2, -0.15) is 20.4 Å². The second-order valence-electron chi connectivity index (χ2n) is 7.79. The first-order valence-electron chi connectivity index (χ1n) is 11.8. The average Bonchev–Trinajstić information content (AvgIpc) is 3.00. The van der Waals surface area contributed by atoms with Crippen molar-refractivity contribution in [1.82, 2.24) is 54.0 Å². The molecule has 0 atom stereocenters. The lowest BCUT2D eigenvalue weighted by atomic mass is 10.1. The number of hydrazine groups is 2. The molecule has 2 amide bonds. The Balaban J connectivity index is 2.53. The Morgan fingerprint density at radius 1 is 0.500 bits per heavy atom. The van der Waals surface area contributed by atoms with E-state index in [0.717, 1.165) is 0 Å². The summed E-state index contributed by atoms with van der Waals surface area (Å²) in [5, 5.41) is 22.5. The molecule has 226 valence electrons. The molecular weight excluding hydrogens is 621 g/mol. The number of hydrazone groups is 4. The zero-order valence-corrected chi connectivity index (χ0v) is 26.8. The number of hydrogen-bond donors (Lipinski definition) is 10. The van der Waals surface area contributed by atoms with Crippen LogP contribution in [0.5, 0.6) is 0 Å². The van der Waals surface area contributed by atoms with E-state index in [1.54, 1.807) is 41.8 Å². The number of rotatable bonds is 8. The predicted molar refractivity (Wildman–Crippen MR) is 181 cm³/mol. The van der Waals surface area contributed by atoms with Crippen molar-refractivity contribution >= 4 is 104 Å². The highest BCUT2D eigenvalue weighted by Gasteiger charge is 2.10. The number of hydrogen-bond acceptors (Lipinski definition) is 10. The summed E-state index contributed by atoms with van der Waals surface area (Å²) in [7, 11) is 3.34. The first-order valence-corrected chi connectivity index (χ1v) is 13.5. The van der Waals surface area contributed by atoms with E-state index in [1.807, 2.05) is 0 Å². The highest BCUT2D eigenvalue weighted by atomic mass is 32.1. The number of carbonyl (C=O) groups excluding carboxylic acids is 2. The summed E-state index contributed by atoms with van der Waals surface area (Å²) in [6, 6.07) is 5.86. The largest absolute Gasteiger partial charge is 0.364 e. The van der Waals surface area contributed by atoms with Gasteiger partial charge in [-0.1, -0.05) is 0 Å². The molecule has 0 aliphatic heterocycles. The fraction of sp³-hybridized carbons (Fsp3) is 0.273. The van der Waals surface area contributed by atoms with Crippen LogP contribution in [0.2, 0.25) is 0 Å². The van der Waals surface area contributed by atoms with Crippen molar-refractivity contribution in [2.45, 2.75) is 27.7 Å². The van der Waals surface area contributed by atoms with Crippen LogP contribution in [-0.2, 0) is 0 Å². The van der Waals surface area contributed by atoms with Gasteiger partial charge in [0.2, 0.25) is 10.2 Å². The molecule has 1 aromatic rings. The molecule has 0 bridgehead atoms. The SMILES string of the molecule is CNC(=S)NN=C(C)C(C)=NNC(=S)NNC(=O)c1ccc(C(=O)NNC(=S)NN=C(C)C(C)=NNC(=S)NC)cc1. The summed E-state index contributed by atoms with van der Waals surface area (Å²) in [6.07, 6.45) is 0. The number of amides is 2. The van der Waals surface area contributed by atoms with Gasteiger partial charge in [-0.15, -0.1) is 0 Å². The second kappa shape index (κ2) is 18.9. The summed E-state index contributed by atoms with van der Waals surface area (Å²) in [5.41, 5.74) is 23.1. The Morgan fingerprint density at radius 2 is 0.762 bits per heavy atom. The summed E-state index contributed by atoms with van der Waals surface area (Å²) in [6.45, 7) is 6.88. The highest BCUT2D eigenvalue weighted by molar-refractivity contribution is 7.80. The normalized spacial score (nSPS) is 11.8. The molecule has 0 radical (unpaired) electrons. The van der Waals surface area contributed by atoms with Gasteiger partial charge >= 0.3 is 0 Å². The smallest absolute Gasteiger partial charge is 0.269 e. The fourth-order valence-electron chi connectivity index (χ4n) is 2.17. The lowest BCUT2D eigenvalue weighted by Gasteiger charge is -2.11. The van der Waals surface area contributed by atoms with E-state index in [1.165, 1.54) is 24.3 Å². The number of nitrogens with one attached hydrogen (secondary N) is 10. The molecule has 0 unspecified atom stereocenters. The van der Waals surface area contributed by atoms with Gasteiger partial charge in [0, 0.05) is 25.2 Å². The minimum atomic E-state index is -0.493. The first kappa shape index (κ1) is 35.6. The third-order valence-electron chi connectivity index (χ3n) is 4.79. The summed E-state index contributed by atoms with van der Waals surface area (Å²) >= 11 is 20.1. The maximum atomic E-state index is 12.4. The minimum absolute atomic E-state index is 0.0393. The molecular formula is C22H32N14O2S4. The van der Waals surface area contributed by atoms with Gasteiger partial charge < -0.3 is 10.6 Å². The molecule has 0 aliphatic rings. The Hall–Kier alpha value is -4.40. The summed E-state index contributed by atoms with van der Waals surface area (Å²) in [5.74, 6) is -0.985. The topological polar surface area (TPSA) is 204 Å². The van der Waals surface area contributed by atoms with Gasteiger partial charge in [0.25, 0.3) is 11.8 Å². The van der Waals surface area contributed by atoms with E-state index in [0.29, 0.717) is 33.1 Å². The first-order chi connectivity index (χ1) is 19.9. The van der Waals surface area contributed by atoms with Gasteiger partial charge in [0.15, 0.2) is 10.2 Å². The number of carbonyl (C=O) groups is 2. The number of thiocarbonyl (C=S) groups is 4. The fourth-order valence-corrected chi connectivity index (χ4v) is 2.46. The second-order valence-corrected chi connectivity index (χ2v) is 9.42. The van der Waals surface area contributed by atoms with E-state index in [2.05, 4.69) is 74.4 Å². The van der Waals surface area contributed by atoms with Crippen LogP contribution in [0.25, 0.3) is 0 Å². The molecule has 0 aromatic heterocycles. The monoisotopic (exact) mass is 652 g/mol. The molecule has 16 nitrogen and oxygen atoms in total. The Labute approximate surface area is 264 Å². The van der Waals surface area contributed by atoms with Gasteiger partial charge in [-0.3, -0.25) is 53.0 Å². The lowest BCUT2D eigenvalue weighted by molar-refractivity contribution is 0.0932. The molecule has 0 fully saturated rings. The van der Waals surface area contributed by atoms with E-state index in [-0.39, 0.29) is 21.4 Å². The van der Waals surface area contributed by atoms with Crippen LogP contribution in [0.1, 0.15) is 48.4 Å². The molecule has 1 rings (SSSR count). The maximum Gasteiger partial charge on any atom is 0.269 e. The Morgan fingerprint density at radius 3 is 1.02 bits per heavy atom. The van der Waals surface area contributed by atoms with Crippen LogP contribution in [0.3, 0.4) is 0 Å². The van der Waals surface area contributed by atoms with Crippen molar-refractivity contribution in [3.63, 3.8) is 0 Å². The average molecular weight is 653 g/mol. The van der Waals surface area contributed by atoms with E-state index >= 15 is 0 Å². The lowest BCUT2D eigenvalue weighted by Crippen LogP contribution is -2.46. The Bertz CT molecular complexity index is 1210. The molecule has 0 saturated heterocycles. The molecule has 0 spiro atoms. The van der Waals surface area contributed by atoms with Crippen LogP contribution in [0.4, 0.5) is 0 Å². The van der Waals surface area contributed by atoms with Gasteiger partial charge in [0.05, 0.1) is 22.8 Å². The van der Waals surface area contributed by atoms with E-state index < -0.39 is 11.8 Å². The zero-order valence-electron chi connectivity index (χ0n) is 23.5. The van der Waals surface area contributed by atoms with Crippen molar-refractivity contribution in [3.8, 4) is 0 Å². The molecule has 20 heteroatoms. The van der Waals surface area contributed by atoms with Gasteiger partial charge in [0.1, 0.15) is 0 Å². The van der Waals surface area contributed by atoms with Crippen molar-refractivity contribution in [3.05, 3.63) is 35.4 Å². The van der Waals surface area contributed by atoms with Crippen LogP contribution in [0, 0.1) is 0 Å². The third kappa shape index (κ3) is 13.8. The summed E-state index contributed by atoms with van der Waals surface area (Å²) < 4.78 is 0. The zero-order chi connectivity index (χ0) is 31.7. The molecule has 0 heterocycles. The number of nitrogens with zero attached hydrogens (tertiary/aromatic N) is 4. The predicted octanol–water partition coefficient (Wildman–Crippen LogP) is -0.404. The molecule has 42 heavy (non-hydrogen) atoms. The van der Waals surface area contributed by atoms with Crippen molar-refractivity contribution in [2.24, 2.45) is 20.4 Å². The van der Waals surface area contributed by atoms with Crippen molar-refractivity contribution < 1.29 is 9.59 Å². The van der Waals surface area contributed by atoms with E-state index in [9.17, 15) is 9.59 Å². The molecule has 0 aliphatic carbocycles. The van der Waals surface area contributed by atoms with Gasteiger partial charge in [-0.25, -0.2) is 0 Å². The van der Waals surface area contributed by atoms with Crippen LogP contribution in [-0.4, -0.2) is 69.2 Å². The number of benzene rings is 1. The van der Waals surface area contributed by atoms with Crippen LogP contribution in [0.15, 0.2) is 44.7 Å². The summed E-state index contributed by atoms with van der Waals surface area (Å²) in [4.78, 5) is 24.8. The van der Waals surface area contributed by atoms with Crippen LogP contribution >= 0.6 is 48.9 Å². The minimum Gasteiger partial charge on any atom is -0.364 e. The molecule has 1 aromatic carbocycles. The van der Waals surface area contributed by atoms with Crippen molar-refractivity contribution in [1.29, 1.82) is 0 Å². The Kier molecular flexibility index (Phi) is 16.0. The van der Waals surface area contributed by atoms with E-state index in [4.69, 9.17) is 48.9 Å². The molecule has 10 N–H and O–H groups in total. The van der Waals surface area contributed by atoms with Gasteiger partial charge in [-0.05, 0) is 101 Å². The third-order valence-corrected chi connectivity index (χ3v) is 5.77. The standard InChI is InChI=1S/C22H32N14O2S4/c1-11(25-31-19(39)23-5)13(3)27-33-21(41)35-29-17(37)15-7-9-16(10-8-15)18(38)30-36-22(42)34-28-14(4)12(2)26-32-20(40)24-6/h7-10H,1-6H3,(H,29,37)(H,30,38)(H2,23,31,39)(H2,24,32,40)(H2,33,35,41)(H2,34,36,42). The van der Waals surface area contributed by atoms with Crippen molar-refractivity contribution in [2.75, 3.05) is 14.1 Å². The highest BCUT2D eigenvalue weighted by Crippen LogP contribution is 2.04. The maximum absolute atomic E-state index is 12.4. The van der Waals surface area contributed by atoms with Crippen LogP contribution < -0.4 is 54.0 Å². The molecule has 0 saturated carbocycles. The quantitative estimate of drug-likeness (QED) is 0.0987.